The molecule has 2 heterocycles. The summed E-state index contributed by atoms with van der Waals surface area (Å²) in [4.78, 5) is 11.6. The Bertz CT molecular complexity index is 831. The van der Waals surface area contributed by atoms with Gasteiger partial charge in [0.2, 0.25) is 0 Å². The number of hydrogen-bond donors (Lipinski definition) is 2. The van der Waals surface area contributed by atoms with Crippen LogP contribution in [-0.4, -0.2) is 32.2 Å². The first-order valence-corrected chi connectivity index (χ1v) is 8.73. The summed E-state index contributed by atoms with van der Waals surface area (Å²) in [5.41, 5.74) is -0.897. The Balaban J connectivity index is 1.80. The summed E-state index contributed by atoms with van der Waals surface area (Å²) in [5.74, 6) is -3.32. The molecule has 0 bridgehead atoms. The van der Waals surface area contributed by atoms with Gasteiger partial charge in [0.15, 0.2) is 0 Å². The van der Waals surface area contributed by atoms with Crippen LogP contribution in [0.5, 0.6) is 0 Å². The molecule has 152 valence electrons. The van der Waals surface area contributed by atoms with Crippen molar-refractivity contribution < 1.29 is 27.1 Å². The molecule has 0 aromatic carbocycles. The molecule has 0 aliphatic heterocycles. The summed E-state index contributed by atoms with van der Waals surface area (Å²) >= 11 is 0. The normalized spacial score (nSPS) is 20.0. The number of aryl methyl sites for hydroxylation is 2. The molecule has 0 radical (unpaired) electrons. The highest BCUT2D eigenvalue weighted by Crippen LogP contribution is 2.35. The average Bonchev–Trinajstić information content (AvgIpc) is 2.57. The van der Waals surface area contributed by atoms with Crippen molar-refractivity contribution in [3.05, 3.63) is 47.2 Å². The molecule has 2 N–H and O–H groups in total. The third kappa shape index (κ3) is 4.73. The van der Waals surface area contributed by atoms with E-state index in [1.54, 1.807) is 0 Å². The zero-order chi connectivity index (χ0) is 20.5. The van der Waals surface area contributed by atoms with E-state index in [-0.39, 0.29) is 41.7 Å². The number of halogens is 5. The highest BCUT2D eigenvalue weighted by Gasteiger charge is 2.37. The molecule has 1 fully saturated rings. The van der Waals surface area contributed by atoms with Gasteiger partial charge in [-0.2, -0.15) is 13.2 Å². The number of aromatic nitrogens is 3. The van der Waals surface area contributed by atoms with E-state index < -0.39 is 23.8 Å². The Morgan fingerprint density at radius 3 is 2.43 bits per heavy atom. The number of rotatable bonds is 6. The Labute approximate surface area is 158 Å². The lowest BCUT2D eigenvalue weighted by Gasteiger charge is -2.33. The zero-order valence-electron chi connectivity index (χ0n) is 15.0. The number of aliphatic hydroxyl groups excluding tert-OH is 1. The molecule has 0 amide bonds. The third-order valence-electron chi connectivity index (χ3n) is 4.59. The summed E-state index contributed by atoms with van der Waals surface area (Å²) in [5, 5.41) is 12.0. The monoisotopic (exact) mass is 402 g/mol. The number of nitrogens with zero attached hydrogens (tertiary/aromatic N) is 3. The van der Waals surface area contributed by atoms with Crippen LogP contribution in [0.1, 0.15) is 42.3 Å². The van der Waals surface area contributed by atoms with Crippen LogP contribution in [0.4, 0.5) is 27.8 Å². The van der Waals surface area contributed by atoms with Gasteiger partial charge in [0.25, 0.3) is 5.92 Å². The Morgan fingerprint density at radius 2 is 1.82 bits per heavy atom. The van der Waals surface area contributed by atoms with Crippen LogP contribution in [0.2, 0.25) is 0 Å². The topological polar surface area (TPSA) is 70.9 Å². The number of alkyl halides is 5. The van der Waals surface area contributed by atoms with Crippen LogP contribution in [0.25, 0.3) is 0 Å². The van der Waals surface area contributed by atoms with Crippen LogP contribution in [0, 0.1) is 0 Å². The number of hydrogen-bond acceptors (Lipinski definition) is 5. The van der Waals surface area contributed by atoms with E-state index in [1.165, 1.54) is 18.5 Å². The Morgan fingerprint density at radius 1 is 1.11 bits per heavy atom. The molecule has 0 saturated heterocycles. The summed E-state index contributed by atoms with van der Waals surface area (Å²) in [6.07, 6.45) is -1.04. The first-order chi connectivity index (χ1) is 13.0. The number of pyridine rings is 1. The standard InChI is InChI=1S/C18H19F5N4O/c1-17(19,20)13-4-5-24-8-10(13)2-3-15-25-9-14(18(21,22)23)16(27-15)26-11-6-12(28)7-11/h4-5,8-9,11-12,28H,2-3,6-7H2,1H3,(H,25,26,27). The van der Waals surface area contributed by atoms with Gasteiger partial charge < -0.3 is 10.4 Å². The summed E-state index contributed by atoms with van der Waals surface area (Å²) in [6.45, 7) is 0.773. The maximum atomic E-state index is 13.7. The zero-order valence-corrected chi connectivity index (χ0v) is 15.0. The fourth-order valence-electron chi connectivity index (χ4n) is 3.06. The smallest absolute Gasteiger partial charge is 0.393 e. The summed E-state index contributed by atoms with van der Waals surface area (Å²) in [7, 11) is 0. The van der Waals surface area contributed by atoms with Gasteiger partial charge in [0.05, 0.1) is 6.10 Å². The third-order valence-corrected chi connectivity index (χ3v) is 4.59. The fourth-order valence-corrected chi connectivity index (χ4v) is 3.06. The molecule has 2 aromatic rings. The number of anilines is 1. The van der Waals surface area contributed by atoms with Crippen LogP contribution in [0.3, 0.4) is 0 Å². The van der Waals surface area contributed by atoms with E-state index in [4.69, 9.17) is 0 Å². The minimum Gasteiger partial charge on any atom is -0.393 e. The summed E-state index contributed by atoms with van der Waals surface area (Å²) in [6, 6.07) is 0.917. The molecular weight excluding hydrogens is 383 g/mol. The van der Waals surface area contributed by atoms with Gasteiger partial charge >= 0.3 is 6.18 Å². The van der Waals surface area contributed by atoms with Gasteiger partial charge in [0, 0.05) is 43.5 Å². The second-order valence-corrected chi connectivity index (χ2v) is 6.93. The van der Waals surface area contributed by atoms with E-state index >= 15 is 0 Å². The van der Waals surface area contributed by atoms with Gasteiger partial charge in [-0.3, -0.25) is 4.98 Å². The van der Waals surface area contributed by atoms with E-state index in [2.05, 4.69) is 20.3 Å². The molecule has 2 aromatic heterocycles. The Kier molecular flexibility index (Phi) is 5.51. The van der Waals surface area contributed by atoms with Crippen molar-refractivity contribution in [1.29, 1.82) is 0 Å². The van der Waals surface area contributed by atoms with Crippen molar-refractivity contribution in [3.8, 4) is 0 Å². The lowest BCUT2D eigenvalue weighted by Crippen LogP contribution is -2.39. The molecule has 1 saturated carbocycles. The van der Waals surface area contributed by atoms with E-state index in [9.17, 15) is 27.1 Å². The van der Waals surface area contributed by atoms with Crippen molar-refractivity contribution in [2.45, 2.75) is 56.9 Å². The number of nitrogens with one attached hydrogen (secondary N) is 1. The van der Waals surface area contributed by atoms with E-state index in [0.717, 1.165) is 6.92 Å². The second-order valence-electron chi connectivity index (χ2n) is 6.93. The summed E-state index contributed by atoms with van der Waals surface area (Å²) < 4.78 is 67.0. The van der Waals surface area contributed by atoms with Crippen LogP contribution in [0.15, 0.2) is 24.7 Å². The van der Waals surface area contributed by atoms with Crippen molar-refractivity contribution in [2.75, 3.05) is 5.32 Å². The lowest BCUT2D eigenvalue weighted by atomic mass is 9.89. The van der Waals surface area contributed by atoms with Crippen LogP contribution < -0.4 is 5.32 Å². The molecule has 0 unspecified atom stereocenters. The number of aliphatic hydroxyl groups is 1. The van der Waals surface area contributed by atoms with Crippen molar-refractivity contribution in [3.63, 3.8) is 0 Å². The molecule has 3 rings (SSSR count). The molecule has 10 heteroatoms. The molecule has 5 nitrogen and oxygen atoms in total. The molecule has 28 heavy (non-hydrogen) atoms. The van der Waals surface area contributed by atoms with Crippen LogP contribution >= 0.6 is 0 Å². The minimum absolute atomic E-state index is 0.0783. The van der Waals surface area contributed by atoms with Crippen molar-refractivity contribution in [1.82, 2.24) is 15.0 Å². The Hall–Kier alpha value is -2.36. The highest BCUT2D eigenvalue weighted by molar-refractivity contribution is 5.46. The second kappa shape index (κ2) is 7.57. The SMILES string of the molecule is CC(F)(F)c1ccncc1CCc1ncc(C(F)(F)F)c(NC2CC(O)C2)n1. The maximum absolute atomic E-state index is 13.7. The van der Waals surface area contributed by atoms with Crippen LogP contribution in [-0.2, 0) is 24.9 Å². The minimum atomic E-state index is -4.63. The average molecular weight is 402 g/mol. The predicted octanol–water partition coefficient (Wildman–Crippen LogP) is 3.72. The molecule has 0 atom stereocenters. The largest absolute Gasteiger partial charge is 0.421 e. The van der Waals surface area contributed by atoms with Crippen molar-refractivity contribution in [2.24, 2.45) is 0 Å². The van der Waals surface area contributed by atoms with Gasteiger partial charge in [-0.25, -0.2) is 18.7 Å². The molecule has 1 aliphatic rings. The first-order valence-electron chi connectivity index (χ1n) is 8.73. The highest BCUT2D eigenvalue weighted by atomic mass is 19.4. The van der Waals surface area contributed by atoms with Gasteiger partial charge in [-0.1, -0.05) is 0 Å². The predicted molar refractivity (Wildman–Crippen MR) is 90.9 cm³/mol. The molecule has 1 aliphatic carbocycles. The van der Waals surface area contributed by atoms with E-state index in [1.807, 2.05) is 0 Å². The van der Waals surface area contributed by atoms with Gasteiger partial charge in [0.1, 0.15) is 17.2 Å². The van der Waals surface area contributed by atoms with Crippen molar-refractivity contribution >= 4 is 5.82 Å². The quantitative estimate of drug-likeness (QED) is 0.721. The first kappa shape index (κ1) is 20.4. The molecule has 0 spiro atoms. The fraction of sp³-hybridized carbons (Fsp3) is 0.500. The van der Waals surface area contributed by atoms with Gasteiger partial charge in [-0.05, 0) is 30.9 Å². The van der Waals surface area contributed by atoms with E-state index in [0.29, 0.717) is 19.0 Å². The lowest BCUT2D eigenvalue weighted by molar-refractivity contribution is -0.137. The maximum Gasteiger partial charge on any atom is 0.421 e. The molecular formula is C18H19F5N4O. The van der Waals surface area contributed by atoms with Gasteiger partial charge in [-0.15, -0.1) is 0 Å².